The van der Waals surface area contributed by atoms with Gasteiger partial charge in [0.1, 0.15) is 56.4 Å². The molecule has 44 nitrogen and oxygen atoms in total. The number of anilines is 3. The molecule has 4 aliphatic rings. The first-order valence-electron chi connectivity index (χ1n) is 45.5. The maximum absolute atomic E-state index is 14.1. The Kier molecular flexibility index (Phi) is 47.3. The normalized spacial score (nSPS) is 17.3. The van der Waals surface area contributed by atoms with E-state index in [1.165, 1.54) is 0 Å². The largest absolute Gasteiger partial charge is 0.470 e. The lowest BCUT2D eigenvalue weighted by Crippen LogP contribution is -2.44. The van der Waals surface area contributed by atoms with Gasteiger partial charge >= 0.3 is 77.6 Å². The molecule has 47 heteroatoms. The number of hydrogen-bond donors (Lipinski definition) is 3. The molecule has 0 amide bonds. The number of ether oxygens (including phenoxy) is 19. The molecule has 0 spiro atoms. The lowest BCUT2D eigenvalue weighted by molar-refractivity contribution is -0.169. The zero-order valence-corrected chi connectivity index (χ0v) is 81.6. The van der Waals surface area contributed by atoms with E-state index in [0.29, 0.717) is 116 Å². The van der Waals surface area contributed by atoms with Crippen LogP contribution in [0.25, 0.3) is 0 Å². The molecule has 0 unspecified atom stereocenters. The van der Waals surface area contributed by atoms with Crippen LogP contribution in [0.4, 0.5) is 17.5 Å². The molecule has 4 fully saturated rings. The van der Waals surface area contributed by atoms with Gasteiger partial charge < -0.3 is 121 Å². The highest BCUT2D eigenvalue weighted by Gasteiger charge is 2.47. The number of rotatable bonds is 58. The van der Waals surface area contributed by atoms with E-state index in [1.54, 1.807) is 26.0 Å². The lowest BCUT2D eigenvalue weighted by atomic mass is 9.85. The van der Waals surface area contributed by atoms with Crippen molar-refractivity contribution in [2.75, 3.05) is 173 Å². The topological polar surface area (TPSA) is 520 Å². The van der Waals surface area contributed by atoms with Crippen LogP contribution in [0.2, 0.25) is 0 Å². The number of aromatic nitrogens is 6. The van der Waals surface area contributed by atoms with Crippen LogP contribution < -0.4 is 44.9 Å². The van der Waals surface area contributed by atoms with Crippen LogP contribution in [-0.4, -0.2) is 321 Å². The molecule has 0 radical (unpaired) electrons. The van der Waals surface area contributed by atoms with Crippen molar-refractivity contribution in [2.45, 2.75) is 232 Å². The fraction of sp³-hybridized carbons (Fsp3) is 0.697. The van der Waals surface area contributed by atoms with Crippen molar-refractivity contribution in [1.29, 1.82) is 0 Å². The second-order valence-corrected chi connectivity index (χ2v) is 37.2. The van der Waals surface area contributed by atoms with Gasteiger partial charge in [0.15, 0.2) is 39.6 Å². The molecule has 3 saturated heterocycles. The Morgan fingerprint density at radius 3 is 1.11 bits per heavy atom. The fourth-order valence-corrected chi connectivity index (χ4v) is 15.4. The van der Waals surface area contributed by atoms with Crippen LogP contribution in [0.15, 0.2) is 42.5 Å². The van der Waals surface area contributed by atoms with Crippen LogP contribution in [-0.2, 0) is 145 Å². The highest BCUT2D eigenvalue weighted by Crippen LogP contribution is 2.43. The molecule has 1 saturated carbocycles. The number of allylic oxidation sites excluding steroid dienone is 2. The van der Waals surface area contributed by atoms with Crippen molar-refractivity contribution in [3.05, 3.63) is 48.0 Å². The van der Waals surface area contributed by atoms with Crippen LogP contribution in [0.5, 0.6) is 17.6 Å². The van der Waals surface area contributed by atoms with E-state index in [0.717, 1.165) is 40.7 Å². The second kappa shape index (κ2) is 58.1. The minimum absolute atomic E-state index is 0.0119. The monoisotopic (exact) mass is 1970 g/mol. The average molecular weight is 1980 g/mol. The first kappa shape index (κ1) is 111. The zero-order chi connectivity index (χ0) is 98.4. The van der Waals surface area contributed by atoms with Crippen LogP contribution >= 0.6 is 35.2 Å². The Labute approximate surface area is 802 Å². The number of morpholine rings is 3. The summed E-state index contributed by atoms with van der Waals surface area (Å²) in [4.78, 5) is 179. The Morgan fingerprint density at radius 1 is 0.397 bits per heavy atom. The number of esters is 13. The number of hydrogen-bond acceptors (Lipinski definition) is 47. The van der Waals surface area contributed by atoms with Gasteiger partial charge in [-0.05, 0) is 127 Å². The molecule has 1 aromatic carbocycles. The summed E-state index contributed by atoms with van der Waals surface area (Å²) in [6.45, 7) is 21.5. The second-order valence-electron chi connectivity index (χ2n) is 35.6. The molecule has 1 aliphatic carbocycles. The molecule has 756 valence electrons. The lowest BCUT2D eigenvalue weighted by Gasteiger charge is -2.27. The smallest absolute Gasteiger partial charge is 0.344 e. The van der Waals surface area contributed by atoms with Crippen LogP contribution in [0.1, 0.15) is 172 Å². The summed E-state index contributed by atoms with van der Waals surface area (Å²) < 4.78 is 132. The van der Waals surface area contributed by atoms with E-state index in [4.69, 9.17) is 90.0 Å². The Balaban J connectivity index is 0.899. The van der Waals surface area contributed by atoms with Gasteiger partial charge in [0.2, 0.25) is 17.5 Å². The molecule has 8 atom stereocenters. The molecule has 136 heavy (non-hydrogen) atoms. The number of unbranched alkanes of at least 4 members (excludes halogenated alkanes) is 1. The summed E-state index contributed by atoms with van der Waals surface area (Å²) in [6, 6.07) is 9.16. The Bertz CT molecular complexity index is 4440. The number of carbonyl (C=O) groups excluding carboxylic acids is 13. The number of benzene rings is 1. The molecule has 0 bridgehead atoms. The molecule has 8 rings (SSSR count). The summed E-state index contributed by atoms with van der Waals surface area (Å²) in [5.41, 5.74) is -0.298. The first-order valence-corrected chi connectivity index (χ1v) is 47.7. The summed E-state index contributed by atoms with van der Waals surface area (Å²) in [7, 11) is 0. The van der Waals surface area contributed by atoms with Gasteiger partial charge in [0, 0.05) is 100 Å². The third-order valence-electron chi connectivity index (χ3n) is 20.6. The average Bonchev–Trinajstić information content (AvgIpc) is 1.66. The van der Waals surface area contributed by atoms with Gasteiger partial charge in [-0.15, -0.1) is 13.1 Å². The predicted octanol–water partition coefficient (Wildman–Crippen LogP) is 5.64. The molecule has 3 aromatic heterocycles. The van der Waals surface area contributed by atoms with Crippen molar-refractivity contribution in [3.63, 3.8) is 0 Å². The molecular weight excluding hydrogens is 1850 g/mol. The van der Waals surface area contributed by atoms with Gasteiger partial charge in [-0.25, -0.2) is 28.8 Å². The van der Waals surface area contributed by atoms with Crippen molar-refractivity contribution in [3.8, 4) is 17.6 Å². The summed E-state index contributed by atoms with van der Waals surface area (Å²) in [5, 5.41) is 9.84. The third kappa shape index (κ3) is 44.2. The first-order chi connectivity index (χ1) is 64.9. The van der Waals surface area contributed by atoms with Crippen molar-refractivity contribution in [2.24, 2.45) is 11.8 Å². The van der Waals surface area contributed by atoms with Gasteiger partial charge in [-0.2, -0.15) is 13.1 Å². The number of nitrogens with one attached hydrogen (secondary N) is 3. The Morgan fingerprint density at radius 2 is 0.735 bits per heavy atom. The maximum Gasteiger partial charge on any atom is 0.344 e. The molecule has 6 heterocycles. The molecule has 3 aliphatic heterocycles. The van der Waals surface area contributed by atoms with Gasteiger partial charge in [0.05, 0.1) is 119 Å². The quantitative estimate of drug-likeness (QED) is 0.0208. The molecule has 3 N–H and O–H groups in total. The van der Waals surface area contributed by atoms with E-state index in [2.05, 4.69) is 42.2 Å². The molecule has 4 aromatic rings. The summed E-state index contributed by atoms with van der Waals surface area (Å²) in [6.07, 6.45) is -4.14. The SMILES string of the molecule is CC(C)OC(=O)CCC/C=C\C[C@@H]1[C@@H](CC[C@H](CCc2ccccc2)OC(=O)COC(=O)COC(=O)CCC(=O)O[C@@H](CNC(C)(C)C)COc2nsnc2N2CCOCC2)[C@H](OC(=O)COC(=O)COC(=O)CCC(=O)O[C@@H](CNC(C)(C)C)COc2nsnc2N2CCOCC2)C[C@@H]1OC(=O)COC(=O)COC(=O)CCC(=O)O[C@@H](CNC(C)(C)C)COc1nsnc1N1CCOCC1. The fourth-order valence-electron chi connectivity index (χ4n) is 13.8. The van der Waals surface area contributed by atoms with Crippen molar-refractivity contribution in [1.82, 2.24) is 42.2 Å². The minimum atomic E-state index is -1.18. The zero-order valence-electron chi connectivity index (χ0n) is 79.1. The van der Waals surface area contributed by atoms with Gasteiger partial charge in [-0.1, -0.05) is 42.5 Å². The summed E-state index contributed by atoms with van der Waals surface area (Å²) >= 11 is 2.90. The highest BCUT2D eigenvalue weighted by atomic mass is 32.1. The van der Waals surface area contributed by atoms with Crippen LogP contribution in [0.3, 0.4) is 0 Å². The summed E-state index contributed by atoms with van der Waals surface area (Å²) in [5.74, 6) is -11.5. The van der Waals surface area contributed by atoms with E-state index >= 15 is 0 Å². The van der Waals surface area contributed by atoms with E-state index in [1.807, 2.05) is 107 Å². The van der Waals surface area contributed by atoms with E-state index in [-0.39, 0.29) is 118 Å². The predicted molar refractivity (Wildman–Crippen MR) is 486 cm³/mol. The van der Waals surface area contributed by atoms with E-state index in [9.17, 15) is 62.3 Å². The van der Waals surface area contributed by atoms with Crippen molar-refractivity contribution < 1.29 is 152 Å². The minimum Gasteiger partial charge on any atom is -0.470 e. The van der Waals surface area contributed by atoms with Crippen LogP contribution in [0, 0.1) is 11.8 Å². The van der Waals surface area contributed by atoms with E-state index < -0.39 is 204 Å². The standard InChI is InChI=1S/C89H130N12O32S3/c1-58(2)127-71(105)22-18-13-12-17-21-64-65(26-25-60(24-23-59-19-15-14-16-20-59)128-78(112)55-121-75(109)52-118-68(102)27-30-72(106)129-61(46-90-87(3,4)5)49-124-84-81(93-134-96-84)99-33-39-115-40-34-99)67(133-80(114)57-123-77(111)54-120-70(104)29-32-74(108)131-63(48-92-89(9,10)11)51-126-86-83(95-136-98-86)101-37-43-117-44-38-101)45-66(64)132-79(113)56-122-76(110)53-119-69(103)28-31-73(107)130-62(47-91-88(6,7)8)50-125-85-82(94-135-97-85)100-35-41-116-42-36-100/h12,14-17,19-20,58,60-67,90-92H,13,18,21-57H2,1-11H3/b17-12-/t60-,61-,62-,63-,64+,65+,66-,67+/m0/s1. The number of aryl methyl sites for hydroxylation is 1. The molecular formula is C89H130N12O32S3. The van der Waals surface area contributed by atoms with Gasteiger partial charge in [0.25, 0.3) is 17.6 Å². The number of nitrogens with zero attached hydrogens (tertiary/aromatic N) is 9. The third-order valence-corrected chi connectivity index (χ3v) is 22.1. The Hall–Kier alpha value is -10.7. The maximum atomic E-state index is 14.1. The van der Waals surface area contributed by atoms with Gasteiger partial charge in [-0.3, -0.25) is 33.6 Å². The van der Waals surface area contributed by atoms with Crippen molar-refractivity contribution >= 4 is 130 Å². The highest BCUT2D eigenvalue weighted by molar-refractivity contribution is 7.00. The number of carbonyl (C=O) groups is 13.